The van der Waals surface area contributed by atoms with Crippen molar-refractivity contribution in [1.29, 1.82) is 5.26 Å². The number of ether oxygens (including phenoxy) is 2. The van der Waals surface area contributed by atoms with Crippen LogP contribution in [0.2, 0.25) is 0 Å². The number of carbonyl (C=O) groups excluding carboxylic acids is 1. The van der Waals surface area contributed by atoms with E-state index in [9.17, 15) is 23.2 Å². The summed E-state index contributed by atoms with van der Waals surface area (Å²) >= 11 is 0. The van der Waals surface area contributed by atoms with E-state index in [1.54, 1.807) is 23.0 Å². The lowest BCUT2D eigenvalue weighted by molar-refractivity contribution is 0.0215. The summed E-state index contributed by atoms with van der Waals surface area (Å²) in [6, 6.07) is 10.4. The van der Waals surface area contributed by atoms with Gasteiger partial charge in [0.05, 0.1) is 30.6 Å². The van der Waals surface area contributed by atoms with Crippen LogP contribution in [0.15, 0.2) is 42.6 Å². The van der Waals surface area contributed by atoms with E-state index in [0.29, 0.717) is 11.4 Å². The number of carbonyl (C=O) groups is 1. The fourth-order valence-corrected chi connectivity index (χ4v) is 3.60. The lowest BCUT2D eigenvalue weighted by Gasteiger charge is -2.22. The van der Waals surface area contributed by atoms with Crippen LogP contribution in [0.25, 0.3) is 5.69 Å². The fourth-order valence-electron chi connectivity index (χ4n) is 3.60. The number of rotatable bonds is 6. The average Bonchev–Trinajstić information content (AvgIpc) is 3.38. The van der Waals surface area contributed by atoms with E-state index in [2.05, 4.69) is 5.10 Å². The molecule has 1 amide bonds. The van der Waals surface area contributed by atoms with Crippen molar-refractivity contribution < 1.29 is 27.4 Å². The van der Waals surface area contributed by atoms with Crippen LogP contribution >= 0.6 is 0 Å². The second-order valence-corrected chi connectivity index (χ2v) is 7.47. The van der Waals surface area contributed by atoms with Gasteiger partial charge in [0.15, 0.2) is 11.9 Å². The molecule has 0 bridgehead atoms. The van der Waals surface area contributed by atoms with Crippen LogP contribution in [-0.2, 0) is 13.1 Å². The molecule has 7 nitrogen and oxygen atoms in total. The summed E-state index contributed by atoms with van der Waals surface area (Å²) in [7, 11) is 1.29. The topological polar surface area (TPSA) is 80.4 Å². The molecule has 0 N–H and O–H groups in total. The molecule has 2 heterocycles. The number of benzene rings is 2. The minimum atomic E-state index is -2.77. The molecule has 1 aliphatic rings. The lowest BCUT2D eigenvalue weighted by Crippen LogP contribution is -2.29. The van der Waals surface area contributed by atoms with Gasteiger partial charge >= 0.3 is 0 Å². The summed E-state index contributed by atoms with van der Waals surface area (Å²) < 4.78 is 51.6. The van der Waals surface area contributed by atoms with E-state index in [4.69, 9.17) is 9.47 Å². The second-order valence-electron chi connectivity index (χ2n) is 7.47. The van der Waals surface area contributed by atoms with Gasteiger partial charge in [0.1, 0.15) is 23.2 Å². The summed E-state index contributed by atoms with van der Waals surface area (Å²) in [6.45, 7) is 1.55. The van der Waals surface area contributed by atoms with Crippen molar-refractivity contribution in [2.45, 2.75) is 32.5 Å². The third-order valence-corrected chi connectivity index (χ3v) is 5.28. The van der Waals surface area contributed by atoms with Gasteiger partial charge in [0, 0.05) is 18.3 Å². The van der Waals surface area contributed by atoms with Gasteiger partial charge in [0.25, 0.3) is 12.3 Å². The van der Waals surface area contributed by atoms with Crippen molar-refractivity contribution in [3.8, 4) is 23.3 Å². The summed E-state index contributed by atoms with van der Waals surface area (Å²) in [5.41, 5.74) is 2.08. The Labute approximate surface area is 187 Å². The molecule has 0 fully saturated rings. The summed E-state index contributed by atoms with van der Waals surface area (Å²) in [5, 5.41) is 13.9. The number of hydrogen-bond donors (Lipinski definition) is 0. The number of nitrogens with zero attached hydrogens (tertiary/aromatic N) is 4. The lowest BCUT2D eigenvalue weighted by atomic mass is 10.1. The number of fused-ring (bicyclic) bond motifs is 1. The van der Waals surface area contributed by atoms with Crippen LogP contribution in [0.4, 0.5) is 13.2 Å². The Balaban J connectivity index is 1.63. The highest BCUT2D eigenvalue weighted by Crippen LogP contribution is 2.36. The molecule has 3 aromatic rings. The maximum Gasteiger partial charge on any atom is 0.274 e. The van der Waals surface area contributed by atoms with Crippen molar-refractivity contribution in [2.75, 3.05) is 7.11 Å². The molecule has 1 atom stereocenters. The molecule has 2 aromatic carbocycles. The van der Waals surface area contributed by atoms with Gasteiger partial charge < -0.3 is 14.4 Å². The maximum atomic E-state index is 13.4. The molecule has 10 heteroatoms. The Morgan fingerprint density at radius 3 is 2.52 bits per heavy atom. The van der Waals surface area contributed by atoms with E-state index in [-0.39, 0.29) is 41.5 Å². The molecule has 1 aromatic heterocycles. The Kier molecular flexibility index (Phi) is 5.96. The highest BCUT2D eigenvalue weighted by molar-refractivity contribution is 6.00. The molecule has 1 aliphatic heterocycles. The smallest absolute Gasteiger partial charge is 0.274 e. The van der Waals surface area contributed by atoms with Crippen molar-refractivity contribution in [1.82, 2.24) is 14.7 Å². The molecule has 4 rings (SSSR count). The van der Waals surface area contributed by atoms with Gasteiger partial charge in [-0.05, 0) is 43.3 Å². The second kappa shape index (κ2) is 8.86. The molecule has 0 saturated carbocycles. The quantitative estimate of drug-likeness (QED) is 0.559. The molecule has 170 valence electrons. The van der Waals surface area contributed by atoms with Crippen molar-refractivity contribution in [3.63, 3.8) is 0 Å². The summed E-state index contributed by atoms with van der Waals surface area (Å²) in [5.74, 6) is -1.03. The van der Waals surface area contributed by atoms with Gasteiger partial charge in [-0.15, -0.1) is 0 Å². The third-order valence-electron chi connectivity index (χ3n) is 5.28. The molecular formula is C23H19F3N4O3. The van der Waals surface area contributed by atoms with Crippen LogP contribution in [0.1, 0.15) is 34.1 Å². The Morgan fingerprint density at radius 2 is 1.91 bits per heavy atom. The van der Waals surface area contributed by atoms with E-state index >= 15 is 0 Å². The van der Waals surface area contributed by atoms with E-state index in [1.807, 2.05) is 6.07 Å². The van der Waals surface area contributed by atoms with Crippen LogP contribution in [0.3, 0.4) is 0 Å². The molecule has 0 aliphatic carbocycles. The van der Waals surface area contributed by atoms with Crippen molar-refractivity contribution in [3.05, 3.63) is 70.8 Å². The first-order valence-electron chi connectivity index (χ1n) is 10.0. The van der Waals surface area contributed by atoms with Gasteiger partial charge in [-0.25, -0.2) is 17.9 Å². The number of halogens is 3. The third kappa shape index (κ3) is 4.22. The van der Waals surface area contributed by atoms with Crippen LogP contribution in [-0.4, -0.2) is 40.2 Å². The van der Waals surface area contributed by atoms with E-state index in [1.165, 1.54) is 43.2 Å². The summed E-state index contributed by atoms with van der Waals surface area (Å²) in [4.78, 5) is 14.9. The largest absolute Gasteiger partial charge is 0.494 e. The molecule has 0 spiro atoms. The normalized spacial score (nSPS) is 13.5. The molecule has 33 heavy (non-hydrogen) atoms. The molecular weight excluding hydrogens is 437 g/mol. The number of hydrogen-bond acceptors (Lipinski definition) is 5. The van der Waals surface area contributed by atoms with Crippen LogP contribution in [0, 0.1) is 17.1 Å². The van der Waals surface area contributed by atoms with Gasteiger partial charge in [0.2, 0.25) is 0 Å². The van der Waals surface area contributed by atoms with Gasteiger partial charge in [-0.2, -0.15) is 10.4 Å². The predicted octanol–water partition coefficient (Wildman–Crippen LogP) is 4.08. The first-order chi connectivity index (χ1) is 15.8. The Bertz CT molecular complexity index is 1210. The minimum absolute atomic E-state index is 0.0395. The van der Waals surface area contributed by atoms with Crippen molar-refractivity contribution >= 4 is 5.91 Å². The SMILES string of the molecule is COc1c(C#N)ccc(OC(C)C(F)F)c1C(=O)N1Cc2cn(-c3ccc(F)cc3)nc2C1. The van der Waals surface area contributed by atoms with E-state index in [0.717, 1.165) is 5.56 Å². The summed E-state index contributed by atoms with van der Waals surface area (Å²) in [6.07, 6.45) is -2.49. The molecule has 0 saturated heterocycles. The minimum Gasteiger partial charge on any atom is -0.494 e. The van der Waals surface area contributed by atoms with Crippen LogP contribution in [0.5, 0.6) is 11.5 Å². The Morgan fingerprint density at radius 1 is 1.18 bits per heavy atom. The zero-order valence-electron chi connectivity index (χ0n) is 17.8. The first kappa shape index (κ1) is 22.2. The number of methoxy groups -OCH3 is 1. The number of aromatic nitrogens is 2. The maximum absolute atomic E-state index is 13.4. The van der Waals surface area contributed by atoms with Gasteiger partial charge in [-0.3, -0.25) is 4.79 Å². The van der Waals surface area contributed by atoms with Gasteiger partial charge in [-0.1, -0.05) is 0 Å². The zero-order valence-corrected chi connectivity index (χ0v) is 17.8. The zero-order chi connectivity index (χ0) is 23.7. The fraction of sp³-hybridized carbons (Fsp3) is 0.261. The average molecular weight is 456 g/mol. The number of amides is 1. The van der Waals surface area contributed by atoms with Crippen LogP contribution < -0.4 is 9.47 Å². The van der Waals surface area contributed by atoms with E-state index < -0.39 is 18.4 Å². The first-order valence-corrected chi connectivity index (χ1v) is 10.0. The number of alkyl halides is 2. The molecule has 0 radical (unpaired) electrons. The Hall–Kier alpha value is -4.00. The molecule has 1 unspecified atom stereocenters. The standard InChI is InChI=1S/C23H19F3N4O3/c1-13(22(25)26)33-19-8-3-14(9-27)21(32-2)20(19)23(31)29-10-15-11-30(28-18(15)12-29)17-6-4-16(24)5-7-17/h3-8,11,13,22H,10,12H2,1-2H3. The predicted molar refractivity (Wildman–Crippen MR) is 111 cm³/mol. The number of nitriles is 1. The highest BCUT2D eigenvalue weighted by Gasteiger charge is 2.33. The van der Waals surface area contributed by atoms with Crippen molar-refractivity contribution in [2.24, 2.45) is 0 Å². The highest BCUT2D eigenvalue weighted by atomic mass is 19.3. The monoisotopic (exact) mass is 456 g/mol.